The molecule has 0 spiro atoms. The maximum absolute atomic E-state index is 11.8. The second-order valence-corrected chi connectivity index (χ2v) is 7.48. The zero-order valence-corrected chi connectivity index (χ0v) is 10.8. The Balaban J connectivity index is 1.77. The first-order valence-corrected chi connectivity index (χ1v) is 7.82. The molecule has 2 rings (SSSR count). The van der Waals surface area contributed by atoms with Crippen molar-refractivity contribution in [1.82, 2.24) is 10.0 Å². The molecule has 5 heteroatoms. The van der Waals surface area contributed by atoms with Crippen molar-refractivity contribution in [2.45, 2.75) is 32.6 Å². The van der Waals surface area contributed by atoms with Gasteiger partial charge < -0.3 is 5.32 Å². The standard InChI is InChI=1S/C11H22N2O2S/c1-11(4-5-11)9-13-16(14,15)8-10-3-2-6-12-7-10/h10,12-13H,2-9H2,1H3. The van der Waals surface area contributed by atoms with Crippen LogP contribution >= 0.6 is 0 Å². The summed E-state index contributed by atoms with van der Waals surface area (Å²) in [6, 6.07) is 0. The molecule has 2 N–H and O–H groups in total. The van der Waals surface area contributed by atoms with E-state index in [-0.39, 0.29) is 11.2 Å². The Labute approximate surface area is 98.2 Å². The molecule has 1 saturated heterocycles. The Kier molecular flexibility index (Phi) is 3.56. The quantitative estimate of drug-likeness (QED) is 0.751. The third-order valence-electron chi connectivity index (χ3n) is 3.68. The summed E-state index contributed by atoms with van der Waals surface area (Å²) in [5.74, 6) is 0.578. The Morgan fingerprint density at radius 2 is 2.19 bits per heavy atom. The minimum Gasteiger partial charge on any atom is -0.316 e. The van der Waals surface area contributed by atoms with E-state index in [2.05, 4.69) is 17.0 Å². The number of piperidine rings is 1. The fourth-order valence-corrected chi connectivity index (χ4v) is 3.70. The molecule has 0 radical (unpaired) electrons. The highest BCUT2D eigenvalue weighted by Gasteiger charge is 2.38. The number of rotatable bonds is 5. The molecule has 1 aliphatic carbocycles. The second kappa shape index (κ2) is 4.63. The smallest absolute Gasteiger partial charge is 0.211 e. The van der Waals surface area contributed by atoms with Crippen molar-refractivity contribution >= 4 is 10.0 Å². The zero-order chi connectivity index (χ0) is 11.6. The Hall–Kier alpha value is -0.130. The molecule has 1 atom stereocenters. The fraction of sp³-hybridized carbons (Fsp3) is 1.00. The van der Waals surface area contributed by atoms with Crippen LogP contribution in [0.4, 0.5) is 0 Å². The van der Waals surface area contributed by atoms with Gasteiger partial charge in [-0.15, -0.1) is 0 Å². The van der Waals surface area contributed by atoms with Gasteiger partial charge in [-0.2, -0.15) is 0 Å². The molecular weight excluding hydrogens is 224 g/mol. The third kappa shape index (κ3) is 3.71. The molecule has 1 aliphatic heterocycles. The number of sulfonamides is 1. The zero-order valence-electron chi connectivity index (χ0n) is 9.96. The highest BCUT2D eigenvalue weighted by atomic mass is 32.2. The van der Waals surface area contributed by atoms with Crippen molar-refractivity contribution in [2.75, 3.05) is 25.4 Å². The average molecular weight is 246 g/mol. The summed E-state index contributed by atoms with van der Waals surface area (Å²) in [4.78, 5) is 0. The largest absolute Gasteiger partial charge is 0.316 e. The minimum atomic E-state index is -3.06. The average Bonchev–Trinajstić information content (AvgIpc) is 2.96. The number of nitrogens with one attached hydrogen (secondary N) is 2. The lowest BCUT2D eigenvalue weighted by molar-refractivity contribution is 0.402. The lowest BCUT2D eigenvalue weighted by Crippen LogP contribution is -2.39. The molecule has 0 amide bonds. The van der Waals surface area contributed by atoms with Gasteiger partial charge in [0.2, 0.25) is 10.0 Å². The molecule has 0 aromatic carbocycles. The summed E-state index contributed by atoms with van der Waals surface area (Å²) >= 11 is 0. The van der Waals surface area contributed by atoms with E-state index in [0.717, 1.165) is 38.8 Å². The van der Waals surface area contributed by atoms with Crippen LogP contribution in [0.1, 0.15) is 32.6 Å². The molecule has 2 fully saturated rings. The van der Waals surface area contributed by atoms with E-state index in [9.17, 15) is 8.42 Å². The predicted molar refractivity (Wildman–Crippen MR) is 64.7 cm³/mol. The van der Waals surface area contributed by atoms with Crippen LogP contribution in [0.3, 0.4) is 0 Å². The van der Waals surface area contributed by atoms with Crippen LogP contribution in [0.2, 0.25) is 0 Å². The molecule has 1 saturated carbocycles. The third-order valence-corrected chi connectivity index (χ3v) is 5.17. The summed E-state index contributed by atoms with van der Waals surface area (Å²) in [5.41, 5.74) is 0.248. The lowest BCUT2D eigenvalue weighted by Gasteiger charge is -2.22. The van der Waals surface area contributed by atoms with E-state index in [1.54, 1.807) is 0 Å². The first-order chi connectivity index (χ1) is 7.49. The molecule has 0 aromatic heterocycles. The van der Waals surface area contributed by atoms with Gasteiger partial charge in [-0.25, -0.2) is 13.1 Å². The van der Waals surface area contributed by atoms with E-state index in [4.69, 9.17) is 0 Å². The Morgan fingerprint density at radius 3 is 2.75 bits per heavy atom. The maximum Gasteiger partial charge on any atom is 0.211 e. The van der Waals surface area contributed by atoms with Crippen LogP contribution < -0.4 is 10.0 Å². The van der Waals surface area contributed by atoms with Crippen LogP contribution in [0.5, 0.6) is 0 Å². The van der Waals surface area contributed by atoms with E-state index in [1.807, 2.05) is 0 Å². The number of hydrogen-bond acceptors (Lipinski definition) is 3. The molecule has 2 aliphatic rings. The summed E-state index contributed by atoms with van der Waals surface area (Å²) in [6.45, 7) is 4.63. The van der Waals surface area contributed by atoms with Crippen molar-refractivity contribution in [3.05, 3.63) is 0 Å². The van der Waals surface area contributed by atoms with Crippen LogP contribution in [-0.2, 0) is 10.0 Å². The molecular formula is C11H22N2O2S. The van der Waals surface area contributed by atoms with E-state index in [0.29, 0.717) is 12.5 Å². The van der Waals surface area contributed by atoms with E-state index in [1.165, 1.54) is 0 Å². The first-order valence-electron chi connectivity index (χ1n) is 6.17. The summed E-state index contributed by atoms with van der Waals surface area (Å²) < 4.78 is 26.4. The molecule has 4 nitrogen and oxygen atoms in total. The van der Waals surface area contributed by atoms with Gasteiger partial charge in [0.05, 0.1) is 5.75 Å². The molecule has 1 unspecified atom stereocenters. The summed E-state index contributed by atoms with van der Waals surface area (Å²) in [7, 11) is -3.06. The van der Waals surface area contributed by atoms with Crippen LogP contribution in [0, 0.1) is 11.3 Å². The van der Waals surface area contributed by atoms with E-state index >= 15 is 0 Å². The second-order valence-electron chi connectivity index (χ2n) is 5.63. The summed E-state index contributed by atoms with van der Waals surface area (Å²) in [6.07, 6.45) is 4.43. The van der Waals surface area contributed by atoms with Crippen molar-refractivity contribution in [3.63, 3.8) is 0 Å². The Morgan fingerprint density at radius 1 is 1.44 bits per heavy atom. The van der Waals surface area contributed by atoms with Crippen LogP contribution in [0.15, 0.2) is 0 Å². The van der Waals surface area contributed by atoms with Crippen molar-refractivity contribution in [3.8, 4) is 0 Å². The molecule has 16 heavy (non-hydrogen) atoms. The van der Waals surface area contributed by atoms with Gasteiger partial charge >= 0.3 is 0 Å². The van der Waals surface area contributed by atoms with Gasteiger partial charge in [0, 0.05) is 6.54 Å². The van der Waals surface area contributed by atoms with Crippen molar-refractivity contribution in [1.29, 1.82) is 0 Å². The Bertz CT molecular complexity index is 330. The van der Waals surface area contributed by atoms with Gasteiger partial charge in [0.1, 0.15) is 0 Å². The molecule has 1 heterocycles. The van der Waals surface area contributed by atoms with E-state index < -0.39 is 10.0 Å². The lowest BCUT2D eigenvalue weighted by atomic mass is 10.0. The summed E-state index contributed by atoms with van der Waals surface area (Å²) in [5, 5.41) is 3.25. The van der Waals surface area contributed by atoms with Gasteiger partial charge in [0.25, 0.3) is 0 Å². The minimum absolute atomic E-state index is 0.248. The molecule has 0 aromatic rings. The SMILES string of the molecule is CC1(CNS(=O)(=O)CC2CCCNC2)CC1. The van der Waals surface area contributed by atoms with Gasteiger partial charge in [0.15, 0.2) is 0 Å². The van der Waals surface area contributed by atoms with Gasteiger partial charge in [-0.1, -0.05) is 6.92 Å². The van der Waals surface area contributed by atoms with Gasteiger partial charge in [-0.05, 0) is 50.1 Å². The highest BCUT2D eigenvalue weighted by molar-refractivity contribution is 7.89. The monoisotopic (exact) mass is 246 g/mol. The van der Waals surface area contributed by atoms with Crippen molar-refractivity contribution in [2.24, 2.45) is 11.3 Å². The topological polar surface area (TPSA) is 58.2 Å². The highest BCUT2D eigenvalue weighted by Crippen LogP contribution is 2.44. The number of hydrogen-bond donors (Lipinski definition) is 2. The molecule has 94 valence electrons. The normalized spacial score (nSPS) is 28.9. The fourth-order valence-electron chi connectivity index (χ4n) is 2.11. The van der Waals surface area contributed by atoms with Crippen LogP contribution in [0.25, 0.3) is 0 Å². The maximum atomic E-state index is 11.8. The van der Waals surface area contributed by atoms with Crippen molar-refractivity contribution < 1.29 is 8.42 Å². The van der Waals surface area contributed by atoms with Gasteiger partial charge in [-0.3, -0.25) is 0 Å². The molecule has 0 bridgehead atoms. The first kappa shape index (κ1) is 12.3. The van der Waals surface area contributed by atoms with Crippen LogP contribution in [-0.4, -0.2) is 33.8 Å². The predicted octanol–water partition coefficient (Wildman–Crippen LogP) is 0.705.